The molecule has 18 heavy (non-hydrogen) atoms. The molecule has 1 nitrogen and oxygen atoms in total. The van der Waals surface area contributed by atoms with Crippen LogP contribution in [0.25, 0.3) is 0 Å². The molecule has 0 bridgehead atoms. The Balaban J connectivity index is 2.79. The first-order chi connectivity index (χ1) is 8.28. The summed E-state index contributed by atoms with van der Waals surface area (Å²) in [7, 11) is -1.67. The van der Waals surface area contributed by atoms with Gasteiger partial charge in [0.1, 0.15) is 0 Å². The fourth-order valence-corrected chi connectivity index (χ4v) is 3.69. The Hall–Kier alpha value is -0.123. The lowest BCUT2D eigenvalue weighted by atomic mass is 10.1. The van der Waals surface area contributed by atoms with Gasteiger partial charge in [-0.25, -0.2) is 0 Å². The van der Waals surface area contributed by atoms with E-state index < -0.39 is 8.32 Å². The number of rotatable bonds is 6. The molecule has 0 saturated carbocycles. The predicted molar refractivity (Wildman–Crippen MR) is 84.9 cm³/mol. The van der Waals surface area contributed by atoms with E-state index in [2.05, 4.69) is 57.6 Å². The summed E-state index contributed by atoms with van der Waals surface area (Å²) in [5.74, 6) is 0. The van der Waals surface area contributed by atoms with E-state index in [1.165, 1.54) is 18.4 Å². The quantitative estimate of drug-likeness (QED) is 0.582. The van der Waals surface area contributed by atoms with Crippen molar-refractivity contribution < 1.29 is 4.43 Å². The van der Waals surface area contributed by atoms with Crippen molar-refractivity contribution in [3.05, 3.63) is 22.4 Å². The van der Waals surface area contributed by atoms with E-state index in [4.69, 9.17) is 4.43 Å². The van der Waals surface area contributed by atoms with Crippen LogP contribution in [-0.2, 0) is 4.43 Å². The molecule has 0 saturated heterocycles. The summed E-state index contributed by atoms with van der Waals surface area (Å²) in [6.07, 6.45) is 3.94. The van der Waals surface area contributed by atoms with Crippen molar-refractivity contribution in [2.24, 2.45) is 0 Å². The van der Waals surface area contributed by atoms with E-state index in [1.54, 1.807) is 11.3 Å². The highest BCUT2D eigenvalue weighted by molar-refractivity contribution is 7.08. The zero-order valence-corrected chi connectivity index (χ0v) is 14.6. The normalized spacial score (nSPS) is 14.8. The molecule has 0 aliphatic heterocycles. The Morgan fingerprint density at radius 2 is 2.00 bits per heavy atom. The standard InChI is InChI=1S/C15H28OSSi/c1-7-8-9-14(13-10-11-17-12-13)16-18(5,6)15(2,3)4/h10-12,14H,7-9H2,1-6H3/t14-/m0/s1. The lowest BCUT2D eigenvalue weighted by Crippen LogP contribution is -2.41. The zero-order valence-electron chi connectivity index (χ0n) is 12.7. The molecule has 0 fully saturated rings. The van der Waals surface area contributed by atoms with Crippen LogP contribution < -0.4 is 0 Å². The highest BCUT2D eigenvalue weighted by Gasteiger charge is 2.39. The molecule has 3 heteroatoms. The first kappa shape index (κ1) is 15.9. The fraction of sp³-hybridized carbons (Fsp3) is 0.733. The molecule has 1 aromatic heterocycles. The van der Waals surface area contributed by atoms with Crippen LogP contribution in [0.5, 0.6) is 0 Å². The number of unbranched alkanes of at least 4 members (excludes halogenated alkanes) is 1. The molecule has 0 unspecified atom stereocenters. The van der Waals surface area contributed by atoms with Crippen LogP contribution in [-0.4, -0.2) is 8.32 Å². The topological polar surface area (TPSA) is 9.23 Å². The van der Waals surface area contributed by atoms with E-state index in [0.717, 1.165) is 6.42 Å². The van der Waals surface area contributed by atoms with E-state index in [1.807, 2.05) is 0 Å². The Labute approximate surface area is 118 Å². The lowest BCUT2D eigenvalue weighted by molar-refractivity contribution is 0.171. The van der Waals surface area contributed by atoms with Crippen molar-refractivity contribution in [1.29, 1.82) is 0 Å². The van der Waals surface area contributed by atoms with Gasteiger partial charge in [-0.2, -0.15) is 11.3 Å². The highest BCUT2D eigenvalue weighted by Crippen LogP contribution is 2.41. The Morgan fingerprint density at radius 3 is 2.44 bits per heavy atom. The third kappa shape index (κ3) is 4.21. The van der Waals surface area contributed by atoms with Crippen LogP contribution in [0.15, 0.2) is 16.8 Å². The second-order valence-electron chi connectivity index (χ2n) is 6.57. The lowest BCUT2D eigenvalue weighted by Gasteiger charge is -2.39. The molecule has 0 radical (unpaired) electrons. The number of hydrogen-bond donors (Lipinski definition) is 0. The first-order valence-electron chi connectivity index (χ1n) is 6.98. The van der Waals surface area contributed by atoms with Crippen LogP contribution in [0.3, 0.4) is 0 Å². The van der Waals surface area contributed by atoms with E-state index in [-0.39, 0.29) is 5.04 Å². The van der Waals surface area contributed by atoms with Crippen molar-refractivity contribution in [3.63, 3.8) is 0 Å². The molecule has 0 aliphatic rings. The summed E-state index contributed by atoms with van der Waals surface area (Å²) in [5.41, 5.74) is 1.37. The van der Waals surface area contributed by atoms with Gasteiger partial charge in [-0.3, -0.25) is 0 Å². The molecule has 0 aromatic carbocycles. The third-order valence-electron chi connectivity index (χ3n) is 3.98. The minimum absolute atomic E-state index is 0.285. The average molecular weight is 285 g/mol. The minimum atomic E-state index is -1.67. The van der Waals surface area contributed by atoms with Gasteiger partial charge in [0.2, 0.25) is 0 Å². The van der Waals surface area contributed by atoms with Crippen molar-refractivity contribution in [2.75, 3.05) is 0 Å². The summed E-state index contributed by atoms with van der Waals surface area (Å²) in [6.45, 7) is 13.9. The van der Waals surface area contributed by atoms with E-state index in [0.29, 0.717) is 6.10 Å². The Kier molecular flexibility index (Phi) is 5.62. The van der Waals surface area contributed by atoms with Gasteiger partial charge >= 0.3 is 0 Å². The molecule has 1 heterocycles. The highest BCUT2D eigenvalue weighted by atomic mass is 32.1. The average Bonchev–Trinajstić information content (AvgIpc) is 2.75. The maximum Gasteiger partial charge on any atom is 0.192 e. The predicted octanol–water partition coefficient (Wildman–Crippen LogP) is 6.00. The first-order valence-corrected chi connectivity index (χ1v) is 10.8. The number of thiophene rings is 1. The molecule has 104 valence electrons. The van der Waals surface area contributed by atoms with Gasteiger partial charge in [0, 0.05) is 0 Å². The van der Waals surface area contributed by atoms with Gasteiger partial charge in [0.05, 0.1) is 6.10 Å². The second kappa shape index (κ2) is 6.35. The van der Waals surface area contributed by atoms with Crippen LogP contribution in [0.4, 0.5) is 0 Å². The van der Waals surface area contributed by atoms with Crippen LogP contribution in [0, 0.1) is 0 Å². The van der Waals surface area contributed by atoms with Gasteiger partial charge < -0.3 is 4.43 Å². The Morgan fingerprint density at radius 1 is 1.33 bits per heavy atom. The zero-order chi connectivity index (χ0) is 13.8. The fourth-order valence-electron chi connectivity index (χ4n) is 1.67. The second-order valence-corrected chi connectivity index (χ2v) is 12.1. The van der Waals surface area contributed by atoms with Gasteiger partial charge in [-0.1, -0.05) is 40.5 Å². The molecule has 1 aromatic rings. The van der Waals surface area contributed by atoms with Crippen LogP contribution in [0.2, 0.25) is 18.1 Å². The smallest absolute Gasteiger partial charge is 0.192 e. The number of hydrogen-bond acceptors (Lipinski definition) is 2. The Bertz CT molecular complexity index is 338. The third-order valence-corrected chi connectivity index (χ3v) is 9.17. The minimum Gasteiger partial charge on any atom is -0.410 e. The monoisotopic (exact) mass is 284 g/mol. The maximum atomic E-state index is 6.59. The van der Waals surface area contributed by atoms with Crippen molar-refractivity contribution in [1.82, 2.24) is 0 Å². The summed E-state index contributed by atoms with van der Waals surface area (Å²) >= 11 is 1.77. The SMILES string of the molecule is CCCC[C@H](O[Si](C)(C)C(C)(C)C)c1ccsc1. The van der Waals surface area contributed by atoms with Gasteiger partial charge in [-0.05, 0) is 46.9 Å². The summed E-state index contributed by atoms with van der Waals surface area (Å²) in [6, 6.07) is 2.22. The molecule has 1 rings (SSSR count). The van der Waals surface area contributed by atoms with Crippen molar-refractivity contribution in [3.8, 4) is 0 Å². The summed E-state index contributed by atoms with van der Waals surface area (Å²) in [5, 5.41) is 4.68. The van der Waals surface area contributed by atoms with E-state index >= 15 is 0 Å². The van der Waals surface area contributed by atoms with Crippen LogP contribution >= 0.6 is 11.3 Å². The summed E-state index contributed by atoms with van der Waals surface area (Å²) in [4.78, 5) is 0. The molecular weight excluding hydrogens is 256 g/mol. The molecular formula is C15H28OSSi. The van der Waals surface area contributed by atoms with E-state index in [9.17, 15) is 0 Å². The summed E-state index contributed by atoms with van der Waals surface area (Å²) < 4.78 is 6.59. The largest absolute Gasteiger partial charge is 0.410 e. The van der Waals surface area contributed by atoms with Crippen LogP contribution in [0.1, 0.15) is 58.6 Å². The molecule has 0 N–H and O–H groups in total. The van der Waals surface area contributed by atoms with Gasteiger partial charge in [0.15, 0.2) is 8.32 Å². The van der Waals surface area contributed by atoms with Gasteiger partial charge in [-0.15, -0.1) is 0 Å². The molecule has 0 amide bonds. The molecule has 1 atom stereocenters. The van der Waals surface area contributed by atoms with Gasteiger partial charge in [0.25, 0.3) is 0 Å². The molecule has 0 aliphatic carbocycles. The maximum absolute atomic E-state index is 6.59. The van der Waals surface area contributed by atoms with Crippen molar-refractivity contribution >= 4 is 19.7 Å². The van der Waals surface area contributed by atoms with Crippen molar-refractivity contribution in [2.45, 2.75) is 71.2 Å². The molecule has 0 spiro atoms.